The highest BCUT2D eigenvalue weighted by Gasteiger charge is 2.09. The summed E-state index contributed by atoms with van der Waals surface area (Å²) >= 11 is 11.0. The smallest absolute Gasteiger partial charge is 0.106 e. The normalized spacial score (nSPS) is 12.5. The van der Waals surface area contributed by atoms with Crippen molar-refractivity contribution in [3.8, 4) is 0 Å². The summed E-state index contributed by atoms with van der Waals surface area (Å²) in [5.41, 5.74) is 7.45. The van der Waals surface area contributed by atoms with Crippen LogP contribution in [0.4, 0.5) is 5.69 Å². The Labute approximate surface area is 119 Å². The highest BCUT2D eigenvalue weighted by atomic mass is 35.5. The van der Waals surface area contributed by atoms with E-state index in [1.165, 1.54) is 0 Å². The monoisotopic (exact) mass is 285 g/mol. The second-order valence-corrected chi connectivity index (χ2v) is 5.57. The molecule has 1 rings (SSSR count). The first-order valence-corrected chi connectivity index (χ1v) is 6.69. The Hall–Kier alpha value is -0.840. The largest absolute Gasteiger partial charge is 0.389 e. The van der Waals surface area contributed by atoms with E-state index in [2.05, 4.69) is 31.2 Å². The molecule has 5 heteroatoms. The fraction of sp³-hybridized carbons (Fsp3) is 0.462. The zero-order valence-corrected chi connectivity index (χ0v) is 12.6. The minimum atomic E-state index is 0.332. The number of nitrogens with one attached hydrogen (secondary N) is 1. The number of benzene rings is 1. The molecule has 1 unspecified atom stereocenters. The van der Waals surface area contributed by atoms with Gasteiger partial charge < -0.3 is 16.0 Å². The highest BCUT2D eigenvalue weighted by Crippen LogP contribution is 2.22. The Morgan fingerprint density at radius 2 is 2.17 bits per heavy atom. The van der Waals surface area contributed by atoms with Gasteiger partial charge in [0.25, 0.3) is 0 Å². The lowest BCUT2D eigenvalue weighted by Gasteiger charge is -2.19. The molecule has 18 heavy (non-hydrogen) atoms. The fourth-order valence-electron chi connectivity index (χ4n) is 1.64. The van der Waals surface area contributed by atoms with E-state index in [-0.39, 0.29) is 0 Å². The van der Waals surface area contributed by atoms with Crippen molar-refractivity contribution in [1.29, 1.82) is 0 Å². The first-order chi connectivity index (χ1) is 8.40. The van der Waals surface area contributed by atoms with Crippen LogP contribution >= 0.6 is 23.8 Å². The molecule has 0 amide bonds. The van der Waals surface area contributed by atoms with E-state index in [4.69, 9.17) is 29.6 Å². The van der Waals surface area contributed by atoms with Gasteiger partial charge in [-0.05, 0) is 52.2 Å². The summed E-state index contributed by atoms with van der Waals surface area (Å²) in [7, 11) is 4.12. The predicted molar refractivity (Wildman–Crippen MR) is 83.6 cm³/mol. The number of hydrogen-bond acceptors (Lipinski definition) is 3. The van der Waals surface area contributed by atoms with Gasteiger partial charge >= 0.3 is 0 Å². The third kappa shape index (κ3) is 4.80. The molecule has 3 nitrogen and oxygen atoms in total. The molecule has 3 N–H and O–H groups in total. The number of rotatable bonds is 6. The van der Waals surface area contributed by atoms with Gasteiger partial charge in [0.1, 0.15) is 4.99 Å². The number of nitrogens with two attached hydrogens (primary N) is 1. The number of nitrogens with zero attached hydrogens (tertiary/aromatic N) is 1. The van der Waals surface area contributed by atoms with E-state index >= 15 is 0 Å². The molecular formula is C13H20ClN3S. The Kier molecular flexibility index (Phi) is 5.85. The second-order valence-electron chi connectivity index (χ2n) is 4.69. The van der Waals surface area contributed by atoms with Crippen molar-refractivity contribution in [2.45, 2.75) is 19.4 Å². The topological polar surface area (TPSA) is 41.3 Å². The number of hydrogen-bond donors (Lipinski definition) is 2. The molecule has 0 spiro atoms. The van der Waals surface area contributed by atoms with Crippen molar-refractivity contribution < 1.29 is 0 Å². The van der Waals surface area contributed by atoms with Crippen molar-refractivity contribution >= 4 is 34.5 Å². The van der Waals surface area contributed by atoms with Crippen LogP contribution in [0.15, 0.2) is 18.2 Å². The first-order valence-electron chi connectivity index (χ1n) is 5.90. The highest BCUT2D eigenvalue weighted by molar-refractivity contribution is 7.80. The first kappa shape index (κ1) is 15.2. The van der Waals surface area contributed by atoms with Gasteiger partial charge in [0.15, 0.2) is 0 Å². The SMILES string of the molecule is CC(CCN(C)C)Nc1cc(Cl)ccc1C(N)=S. The number of halogens is 1. The molecular weight excluding hydrogens is 266 g/mol. The molecule has 0 aliphatic rings. The molecule has 0 saturated carbocycles. The third-order valence-corrected chi connectivity index (χ3v) is 3.11. The summed E-state index contributed by atoms with van der Waals surface area (Å²) in [5.74, 6) is 0. The van der Waals surface area contributed by atoms with Gasteiger partial charge in [-0.3, -0.25) is 0 Å². The lowest BCUT2D eigenvalue weighted by Crippen LogP contribution is -2.24. The van der Waals surface area contributed by atoms with Gasteiger partial charge in [0, 0.05) is 22.3 Å². The predicted octanol–water partition coefficient (Wildman–Crippen LogP) is 2.73. The molecule has 0 aromatic heterocycles. The van der Waals surface area contributed by atoms with Gasteiger partial charge in [0.2, 0.25) is 0 Å². The van der Waals surface area contributed by atoms with Crippen LogP contribution in [0.5, 0.6) is 0 Å². The van der Waals surface area contributed by atoms with E-state index < -0.39 is 0 Å². The number of anilines is 1. The maximum Gasteiger partial charge on any atom is 0.106 e. The average Bonchev–Trinajstić information content (AvgIpc) is 2.26. The van der Waals surface area contributed by atoms with Crippen molar-refractivity contribution in [3.63, 3.8) is 0 Å². The van der Waals surface area contributed by atoms with Crippen LogP contribution in [0.25, 0.3) is 0 Å². The molecule has 0 bridgehead atoms. The van der Waals surface area contributed by atoms with Crippen LogP contribution in [-0.4, -0.2) is 36.6 Å². The second kappa shape index (κ2) is 6.92. The van der Waals surface area contributed by atoms with Gasteiger partial charge in [-0.1, -0.05) is 23.8 Å². The van der Waals surface area contributed by atoms with E-state index in [1.807, 2.05) is 12.1 Å². The lowest BCUT2D eigenvalue weighted by molar-refractivity contribution is 0.390. The van der Waals surface area contributed by atoms with E-state index in [0.717, 1.165) is 24.2 Å². The van der Waals surface area contributed by atoms with E-state index in [0.29, 0.717) is 16.1 Å². The molecule has 1 aromatic rings. The zero-order valence-electron chi connectivity index (χ0n) is 11.0. The average molecular weight is 286 g/mol. The van der Waals surface area contributed by atoms with E-state index in [9.17, 15) is 0 Å². The van der Waals surface area contributed by atoms with Crippen LogP contribution in [0, 0.1) is 0 Å². The van der Waals surface area contributed by atoms with Crippen molar-refractivity contribution in [1.82, 2.24) is 4.90 Å². The standard InChI is InChI=1S/C13H20ClN3S/c1-9(6-7-17(2)3)16-12-8-10(14)4-5-11(12)13(15)18/h4-5,8-9,16H,6-7H2,1-3H3,(H2,15,18). The van der Waals surface area contributed by atoms with Gasteiger partial charge in [-0.25, -0.2) is 0 Å². The summed E-state index contributed by atoms with van der Waals surface area (Å²) in [6, 6.07) is 5.85. The van der Waals surface area contributed by atoms with Crippen LogP contribution in [0.1, 0.15) is 18.9 Å². The molecule has 0 aliphatic heterocycles. The molecule has 0 aliphatic carbocycles. The van der Waals surface area contributed by atoms with Crippen LogP contribution in [0.3, 0.4) is 0 Å². The van der Waals surface area contributed by atoms with E-state index in [1.54, 1.807) is 6.07 Å². The Morgan fingerprint density at radius 3 is 2.72 bits per heavy atom. The summed E-state index contributed by atoms with van der Waals surface area (Å²) in [5, 5.41) is 4.09. The molecule has 0 heterocycles. The molecule has 1 aromatic carbocycles. The maximum absolute atomic E-state index is 6.00. The Morgan fingerprint density at radius 1 is 1.50 bits per heavy atom. The summed E-state index contributed by atoms with van der Waals surface area (Å²) in [6.07, 6.45) is 1.04. The molecule has 1 atom stereocenters. The summed E-state index contributed by atoms with van der Waals surface area (Å²) < 4.78 is 0. The van der Waals surface area contributed by atoms with Gasteiger partial charge in [-0.2, -0.15) is 0 Å². The van der Waals surface area contributed by atoms with Gasteiger partial charge in [-0.15, -0.1) is 0 Å². The Bertz CT molecular complexity index is 421. The van der Waals surface area contributed by atoms with Crippen LogP contribution < -0.4 is 11.1 Å². The molecule has 0 radical (unpaired) electrons. The Balaban J connectivity index is 2.76. The summed E-state index contributed by atoms with van der Waals surface area (Å²) in [6.45, 7) is 3.16. The van der Waals surface area contributed by atoms with Crippen molar-refractivity contribution in [3.05, 3.63) is 28.8 Å². The van der Waals surface area contributed by atoms with Crippen molar-refractivity contribution in [2.24, 2.45) is 5.73 Å². The summed E-state index contributed by atoms with van der Waals surface area (Å²) in [4.78, 5) is 2.54. The minimum Gasteiger partial charge on any atom is -0.389 e. The van der Waals surface area contributed by atoms with Crippen molar-refractivity contribution in [2.75, 3.05) is 26.0 Å². The molecule has 0 saturated heterocycles. The maximum atomic E-state index is 6.00. The number of thiocarbonyl (C=S) groups is 1. The zero-order chi connectivity index (χ0) is 13.7. The van der Waals surface area contributed by atoms with Crippen LogP contribution in [-0.2, 0) is 0 Å². The van der Waals surface area contributed by atoms with Crippen LogP contribution in [0.2, 0.25) is 5.02 Å². The molecule has 100 valence electrons. The lowest BCUT2D eigenvalue weighted by atomic mass is 10.1. The third-order valence-electron chi connectivity index (χ3n) is 2.66. The van der Waals surface area contributed by atoms with Gasteiger partial charge in [0.05, 0.1) is 0 Å². The fourth-order valence-corrected chi connectivity index (χ4v) is 1.99. The quantitative estimate of drug-likeness (QED) is 0.789. The molecule has 0 fully saturated rings. The minimum absolute atomic E-state index is 0.332.